The summed E-state index contributed by atoms with van der Waals surface area (Å²) in [5.74, 6) is -1.79. The topological polar surface area (TPSA) is 142 Å². The number of benzene rings is 3. The minimum atomic E-state index is -2.21. The minimum absolute atomic E-state index is 0.104. The van der Waals surface area contributed by atoms with Crippen molar-refractivity contribution in [2.45, 2.75) is 57.7 Å². The van der Waals surface area contributed by atoms with Gasteiger partial charge in [0.15, 0.2) is 0 Å². The molecule has 0 heterocycles. The molecular formula is C31H33FN4O6. The fourth-order valence-corrected chi connectivity index (χ4v) is 5.03. The molecule has 11 heteroatoms. The number of carbonyl (C=O) groups is 3. The van der Waals surface area contributed by atoms with Gasteiger partial charge in [0.05, 0.1) is 18.0 Å². The summed E-state index contributed by atoms with van der Waals surface area (Å²) in [4.78, 5) is 48.9. The van der Waals surface area contributed by atoms with E-state index >= 15 is 0 Å². The standard InChI is InChI=1S/C31H33FN4O6/c1-20-7-14-25(17-28(20)36(41)42)34-31(40)35(26-15-12-23(13-16-26)22-5-3-2-4-6-22)19-21-8-10-24(11-9-21)29(37)33-18-27(32)30(38)39/h7-17,22,27H,2-6,18-19H2,1H3,(H,33,37)(H,34,40)(H,38,39). The molecule has 4 rings (SSSR count). The van der Waals surface area contributed by atoms with Crippen molar-refractivity contribution in [3.63, 3.8) is 0 Å². The van der Waals surface area contributed by atoms with Gasteiger partial charge in [0.25, 0.3) is 11.6 Å². The zero-order valence-corrected chi connectivity index (χ0v) is 23.2. The van der Waals surface area contributed by atoms with Gasteiger partial charge >= 0.3 is 12.0 Å². The Kier molecular flexibility index (Phi) is 9.85. The second kappa shape index (κ2) is 13.7. The van der Waals surface area contributed by atoms with E-state index in [1.165, 1.54) is 47.9 Å². The average molecular weight is 577 g/mol. The van der Waals surface area contributed by atoms with Crippen LogP contribution in [0.2, 0.25) is 0 Å². The lowest BCUT2D eigenvalue weighted by Gasteiger charge is -2.26. The number of nitrogens with zero attached hydrogens (tertiary/aromatic N) is 2. The average Bonchev–Trinajstić information content (AvgIpc) is 3.00. The zero-order valence-electron chi connectivity index (χ0n) is 23.2. The van der Waals surface area contributed by atoms with Crippen LogP contribution in [0, 0.1) is 17.0 Å². The molecular weight excluding hydrogens is 543 g/mol. The van der Waals surface area contributed by atoms with E-state index in [-0.39, 0.29) is 23.5 Å². The van der Waals surface area contributed by atoms with Gasteiger partial charge in [-0.25, -0.2) is 14.0 Å². The molecule has 3 aromatic carbocycles. The normalized spacial score (nSPS) is 14.0. The van der Waals surface area contributed by atoms with Gasteiger partial charge in [-0.1, -0.05) is 49.6 Å². The summed E-state index contributed by atoms with van der Waals surface area (Å²) in [5, 5.41) is 25.1. The molecule has 1 atom stereocenters. The van der Waals surface area contributed by atoms with Crippen molar-refractivity contribution < 1.29 is 28.8 Å². The second-order valence-corrected chi connectivity index (χ2v) is 10.4. The van der Waals surface area contributed by atoms with Crippen LogP contribution in [0.5, 0.6) is 0 Å². The molecule has 1 aliphatic carbocycles. The first kappa shape index (κ1) is 30.2. The van der Waals surface area contributed by atoms with Crippen LogP contribution in [0.25, 0.3) is 0 Å². The Bertz CT molecular complexity index is 1440. The molecule has 3 N–H and O–H groups in total. The van der Waals surface area contributed by atoms with E-state index in [1.54, 1.807) is 31.2 Å². The first-order chi connectivity index (χ1) is 20.1. The van der Waals surface area contributed by atoms with Crippen LogP contribution < -0.4 is 15.5 Å². The molecule has 1 unspecified atom stereocenters. The van der Waals surface area contributed by atoms with E-state index in [0.717, 1.165) is 12.8 Å². The predicted octanol–water partition coefficient (Wildman–Crippen LogP) is 6.34. The summed E-state index contributed by atoms with van der Waals surface area (Å²) in [6.45, 7) is 1.09. The van der Waals surface area contributed by atoms with Crippen molar-refractivity contribution in [1.82, 2.24) is 5.32 Å². The summed E-state index contributed by atoms with van der Waals surface area (Å²) < 4.78 is 13.3. The quantitative estimate of drug-likeness (QED) is 0.190. The Balaban J connectivity index is 1.54. The number of anilines is 2. The number of aryl methyl sites for hydroxylation is 1. The molecule has 1 saturated carbocycles. The van der Waals surface area contributed by atoms with E-state index in [2.05, 4.69) is 10.6 Å². The number of halogens is 1. The molecule has 220 valence electrons. The molecule has 1 fully saturated rings. The third-order valence-corrected chi connectivity index (χ3v) is 7.45. The van der Waals surface area contributed by atoms with E-state index in [9.17, 15) is 28.9 Å². The van der Waals surface area contributed by atoms with E-state index in [4.69, 9.17) is 5.11 Å². The Morgan fingerprint density at radius 3 is 2.31 bits per heavy atom. The highest BCUT2D eigenvalue weighted by Gasteiger charge is 2.21. The Morgan fingerprint density at radius 1 is 1.02 bits per heavy atom. The Morgan fingerprint density at radius 2 is 1.69 bits per heavy atom. The summed E-state index contributed by atoms with van der Waals surface area (Å²) >= 11 is 0. The molecule has 0 aliphatic heterocycles. The number of carbonyl (C=O) groups excluding carboxylic acids is 2. The molecule has 0 aromatic heterocycles. The lowest BCUT2D eigenvalue weighted by molar-refractivity contribution is -0.385. The van der Waals surface area contributed by atoms with Gasteiger partial charge in [-0.05, 0) is 67.1 Å². The number of hydrogen-bond donors (Lipinski definition) is 3. The van der Waals surface area contributed by atoms with Crippen molar-refractivity contribution in [2.24, 2.45) is 0 Å². The third kappa shape index (κ3) is 7.68. The maximum atomic E-state index is 13.5. The highest BCUT2D eigenvalue weighted by molar-refractivity contribution is 6.02. The molecule has 0 saturated heterocycles. The van der Waals surface area contributed by atoms with Crippen LogP contribution in [0.3, 0.4) is 0 Å². The maximum Gasteiger partial charge on any atom is 0.340 e. The molecule has 10 nitrogen and oxygen atoms in total. The number of urea groups is 1. The van der Waals surface area contributed by atoms with Crippen LogP contribution in [0.15, 0.2) is 66.7 Å². The summed E-state index contributed by atoms with van der Waals surface area (Å²) in [6.07, 6.45) is 3.71. The second-order valence-electron chi connectivity index (χ2n) is 10.4. The van der Waals surface area contributed by atoms with E-state index in [1.807, 2.05) is 24.3 Å². The zero-order chi connectivity index (χ0) is 30.2. The minimum Gasteiger partial charge on any atom is -0.479 e. The van der Waals surface area contributed by atoms with Crippen LogP contribution in [0.1, 0.15) is 65.1 Å². The van der Waals surface area contributed by atoms with Crippen LogP contribution in [-0.4, -0.2) is 40.7 Å². The predicted molar refractivity (Wildman–Crippen MR) is 157 cm³/mol. The number of carboxylic acids is 1. The van der Waals surface area contributed by atoms with E-state index in [0.29, 0.717) is 22.7 Å². The number of nitro benzene ring substituents is 1. The lowest BCUT2D eigenvalue weighted by Crippen LogP contribution is -2.35. The monoisotopic (exact) mass is 576 g/mol. The fraction of sp³-hybridized carbons (Fsp3) is 0.323. The number of rotatable bonds is 10. The van der Waals surface area contributed by atoms with Gasteiger partial charge in [-0.3, -0.25) is 19.8 Å². The highest BCUT2D eigenvalue weighted by atomic mass is 19.1. The number of amides is 3. The van der Waals surface area contributed by atoms with Crippen molar-refractivity contribution >= 4 is 35.0 Å². The summed E-state index contributed by atoms with van der Waals surface area (Å²) in [7, 11) is 0. The lowest BCUT2D eigenvalue weighted by atomic mass is 9.84. The number of nitrogens with one attached hydrogen (secondary N) is 2. The Labute approximate surface area is 242 Å². The third-order valence-electron chi connectivity index (χ3n) is 7.45. The van der Waals surface area contributed by atoms with Crippen LogP contribution >= 0.6 is 0 Å². The number of hydrogen-bond acceptors (Lipinski definition) is 5. The van der Waals surface area contributed by atoms with Gasteiger partial charge < -0.3 is 15.7 Å². The molecule has 0 radical (unpaired) electrons. The van der Waals surface area contributed by atoms with E-state index < -0.39 is 35.5 Å². The first-order valence-corrected chi connectivity index (χ1v) is 13.8. The van der Waals surface area contributed by atoms with Gasteiger partial charge in [0.2, 0.25) is 6.17 Å². The number of carboxylic acid groups (broad SMARTS) is 1. The fourth-order valence-electron chi connectivity index (χ4n) is 5.03. The molecule has 3 aromatic rings. The molecule has 1 aliphatic rings. The summed E-state index contributed by atoms with van der Waals surface area (Å²) in [5.41, 5.74) is 3.38. The smallest absolute Gasteiger partial charge is 0.340 e. The molecule has 0 bridgehead atoms. The van der Waals surface area contributed by atoms with Gasteiger partial charge in [-0.2, -0.15) is 0 Å². The maximum absolute atomic E-state index is 13.5. The van der Waals surface area contributed by atoms with Crippen molar-refractivity contribution in [3.05, 3.63) is 99.1 Å². The molecule has 42 heavy (non-hydrogen) atoms. The number of alkyl halides is 1. The van der Waals surface area contributed by atoms with Crippen LogP contribution in [-0.2, 0) is 11.3 Å². The van der Waals surface area contributed by atoms with Gasteiger partial charge in [-0.15, -0.1) is 0 Å². The number of aliphatic carboxylic acids is 1. The van der Waals surface area contributed by atoms with Crippen molar-refractivity contribution in [2.75, 3.05) is 16.8 Å². The summed E-state index contributed by atoms with van der Waals surface area (Å²) in [6, 6.07) is 18.1. The molecule has 3 amide bonds. The largest absolute Gasteiger partial charge is 0.479 e. The SMILES string of the molecule is Cc1ccc(NC(=O)N(Cc2ccc(C(=O)NCC(F)C(=O)O)cc2)c2ccc(C3CCCCC3)cc2)cc1[N+](=O)[O-]. The Hall–Kier alpha value is -4.80. The van der Waals surface area contributed by atoms with Gasteiger partial charge in [0, 0.05) is 28.6 Å². The van der Waals surface area contributed by atoms with Crippen LogP contribution in [0.4, 0.5) is 26.2 Å². The first-order valence-electron chi connectivity index (χ1n) is 13.8. The number of nitro groups is 1. The molecule has 0 spiro atoms. The van der Waals surface area contributed by atoms with Crippen molar-refractivity contribution in [3.8, 4) is 0 Å². The van der Waals surface area contributed by atoms with Gasteiger partial charge in [0.1, 0.15) is 0 Å². The van der Waals surface area contributed by atoms with Crippen molar-refractivity contribution in [1.29, 1.82) is 0 Å². The highest BCUT2D eigenvalue weighted by Crippen LogP contribution is 2.34.